The highest BCUT2D eigenvalue weighted by atomic mass is 16.5. The molecule has 3 rings (SSSR count). The molecule has 1 aromatic carbocycles. The lowest BCUT2D eigenvalue weighted by Gasteiger charge is -2.33. The van der Waals surface area contributed by atoms with E-state index in [9.17, 15) is 9.59 Å². The Labute approximate surface area is 165 Å². The van der Waals surface area contributed by atoms with Crippen molar-refractivity contribution in [1.82, 2.24) is 9.97 Å². The molecule has 6 nitrogen and oxygen atoms in total. The molecule has 0 saturated carbocycles. The van der Waals surface area contributed by atoms with Gasteiger partial charge in [-0.2, -0.15) is 0 Å². The standard InChI is InChI=1S/C22H27N3O3/c1-14-12-18(17(4)16(3)15(14)2)20(26)13-28-21(27)19-8-5-6-11-25(19)22-23-9-7-10-24-22/h7,9-10,12,19H,5-6,8,11,13H2,1-4H3. The van der Waals surface area contributed by atoms with Crippen LogP contribution < -0.4 is 4.90 Å². The number of hydrogen-bond donors (Lipinski definition) is 0. The van der Waals surface area contributed by atoms with E-state index in [2.05, 4.69) is 16.9 Å². The Bertz CT molecular complexity index is 880. The van der Waals surface area contributed by atoms with Crippen LogP contribution in [0, 0.1) is 27.7 Å². The fraction of sp³-hybridized carbons (Fsp3) is 0.455. The maximum atomic E-state index is 12.7. The van der Waals surface area contributed by atoms with E-state index in [0.29, 0.717) is 24.5 Å². The quantitative estimate of drug-likeness (QED) is 0.583. The molecule has 1 unspecified atom stereocenters. The second-order valence-electron chi connectivity index (χ2n) is 7.40. The highest BCUT2D eigenvalue weighted by molar-refractivity contribution is 6.00. The van der Waals surface area contributed by atoms with Crippen LogP contribution in [0.2, 0.25) is 0 Å². The predicted octanol–water partition coefficient (Wildman–Crippen LogP) is 3.50. The Morgan fingerprint density at radius 3 is 2.50 bits per heavy atom. The Morgan fingerprint density at radius 2 is 1.79 bits per heavy atom. The lowest BCUT2D eigenvalue weighted by molar-refractivity contribution is -0.144. The smallest absolute Gasteiger partial charge is 0.329 e. The molecule has 1 aliphatic rings. The summed E-state index contributed by atoms with van der Waals surface area (Å²) in [6.07, 6.45) is 5.91. The van der Waals surface area contributed by atoms with Gasteiger partial charge in [0.25, 0.3) is 0 Å². The SMILES string of the molecule is Cc1cc(C(=O)COC(=O)C2CCCCN2c2ncccn2)c(C)c(C)c1C. The maximum Gasteiger partial charge on any atom is 0.329 e. The van der Waals surface area contributed by atoms with Gasteiger partial charge in [-0.05, 0) is 81.3 Å². The zero-order valence-electron chi connectivity index (χ0n) is 17.0. The third kappa shape index (κ3) is 4.06. The summed E-state index contributed by atoms with van der Waals surface area (Å²) in [5.74, 6) is -0.0369. The molecular formula is C22H27N3O3. The highest BCUT2D eigenvalue weighted by Crippen LogP contribution is 2.24. The van der Waals surface area contributed by atoms with Crippen molar-refractivity contribution in [3.63, 3.8) is 0 Å². The van der Waals surface area contributed by atoms with Crippen molar-refractivity contribution in [2.45, 2.75) is 53.0 Å². The Morgan fingerprint density at radius 1 is 1.07 bits per heavy atom. The summed E-state index contributed by atoms with van der Waals surface area (Å²) in [6.45, 7) is 8.45. The molecule has 148 valence electrons. The molecule has 6 heteroatoms. The van der Waals surface area contributed by atoms with Crippen molar-refractivity contribution in [2.75, 3.05) is 18.1 Å². The average Bonchev–Trinajstić information content (AvgIpc) is 2.73. The number of esters is 1. The third-order valence-corrected chi connectivity index (χ3v) is 5.71. The fourth-order valence-corrected chi connectivity index (χ4v) is 3.67. The van der Waals surface area contributed by atoms with Crippen LogP contribution >= 0.6 is 0 Å². The maximum absolute atomic E-state index is 12.7. The van der Waals surface area contributed by atoms with E-state index in [0.717, 1.165) is 29.5 Å². The summed E-state index contributed by atoms with van der Waals surface area (Å²) < 4.78 is 5.43. The minimum Gasteiger partial charge on any atom is -0.456 e. The molecule has 0 aliphatic carbocycles. The average molecular weight is 381 g/mol. The number of rotatable bonds is 5. The topological polar surface area (TPSA) is 72.4 Å². The number of carbonyl (C=O) groups is 2. The Balaban J connectivity index is 1.70. The van der Waals surface area contributed by atoms with Crippen LogP contribution in [-0.4, -0.2) is 40.9 Å². The lowest BCUT2D eigenvalue weighted by Crippen LogP contribution is -2.46. The van der Waals surface area contributed by atoms with E-state index >= 15 is 0 Å². The van der Waals surface area contributed by atoms with Crippen LogP contribution in [0.5, 0.6) is 0 Å². The largest absolute Gasteiger partial charge is 0.456 e. The van der Waals surface area contributed by atoms with Crippen molar-refractivity contribution in [2.24, 2.45) is 0 Å². The van der Waals surface area contributed by atoms with E-state index < -0.39 is 12.0 Å². The molecule has 1 atom stereocenters. The van der Waals surface area contributed by atoms with Crippen molar-refractivity contribution in [3.8, 4) is 0 Å². The summed E-state index contributed by atoms with van der Waals surface area (Å²) in [5.41, 5.74) is 4.93. The van der Waals surface area contributed by atoms with Gasteiger partial charge in [0, 0.05) is 24.5 Å². The van der Waals surface area contributed by atoms with Crippen LogP contribution in [0.4, 0.5) is 5.95 Å². The van der Waals surface area contributed by atoms with Gasteiger partial charge in [0.05, 0.1) is 0 Å². The molecule has 1 saturated heterocycles. The molecule has 1 aromatic heterocycles. The number of anilines is 1. The van der Waals surface area contributed by atoms with Crippen LogP contribution in [0.25, 0.3) is 0 Å². The van der Waals surface area contributed by atoms with E-state index in [-0.39, 0.29) is 12.4 Å². The molecule has 0 radical (unpaired) electrons. The molecule has 2 heterocycles. The number of benzene rings is 1. The van der Waals surface area contributed by atoms with Crippen molar-refractivity contribution in [3.05, 3.63) is 52.3 Å². The van der Waals surface area contributed by atoms with E-state index in [4.69, 9.17) is 4.74 Å². The van der Waals surface area contributed by atoms with Gasteiger partial charge < -0.3 is 9.64 Å². The zero-order valence-corrected chi connectivity index (χ0v) is 17.0. The first-order valence-electron chi connectivity index (χ1n) is 9.71. The predicted molar refractivity (Wildman–Crippen MR) is 108 cm³/mol. The molecular weight excluding hydrogens is 354 g/mol. The van der Waals surface area contributed by atoms with Crippen LogP contribution in [0.15, 0.2) is 24.5 Å². The van der Waals surface area contributed by atoms with Gasteiger partial charge in [0.15, 0.2) is 6.61 Å². The summed E-state index contributed by atoms with van der Waals surface area (Å²) in [4.78, 5) is 35.8. The number of ether oxygens (including phenoxy) is 1. The van der Waals surface area contributed by atoms with Crippen molar-refractivity contribution < 1.29 is 14.3 Å². The number of Topliss-reactive ketones (excluding diaryl/α,β-unsaturated/α-hetero) is 1. The van der Waals surface area contributed by atoms with Gasteiger partial charge in [-0.15, -0.1) is 0 Å². The molecule has 1 fully saturated rings. The molecule has 28 heavy (non-hydrogen) atoms. The molecule has 0 N–H and O–H groups in total. The second kappa shape index (κ2) is 8.50. The first kappa shape index (κ1) is 20.0. The summed E-state index contributed by atoms with van der Waals surface area (Å²) in [5, 5.41) is 0. The Kier molecular flexibility index (Phi) is 6.07. The van der Waals surface area contributed by atoms with Crippen molar-refractivity contribution >= 4 is 17.7 Å². The number of aromatic nitrogens is 2. The van der Waals surface area contributed by atoms with Gasteiger partial charge in [-0.1, -0.05) is 0 Å². The molecule has 0 amide bonds. The lowest BCUT2D eigenvalue weighted by atomic mass is 9.93. The number of nitrogens with zero attached hydrogens (tertiary/aromatic N) is 3. The Hall–Kier alpha value is -2.76. The van der Waals surface area contributed by atoms with Gasteiger partial charge in [0.2, 0.25) is 11.7 Å². The fourth-order valence-electron chi connectivity index (χ4n) is 3.67. The summed E-state index contributed by atoms with van der Waals surface area (Å²) >= 11 is 0. The van der Waals surface area contributed by atoms with Crippen LogP contribution in [0.3, 0.4) is 0 Å². The second-order valence-corrected chi connectivity index (χ2v) is 7.40. The van der Waals surface area contributed by atoms with Gasteiger partial charge >= 0.3 is 5.97 Å². The molecule has 2 aromatic rings. The van der Waals surface area contributed by atoms with Gasteiger partial charge in [-0.3, -0.25) is 4.79 Å². The normalized spacial score (nSPS) is 16.7. The summed E-state index contributed by atoms with van der Waals surface area (Å²) in [6, 6.07) is 3.18. The molecule has 0 spiro atoms. The van der Waals surface area contributed by atoms with E-state index in [1.54, 1.807) is 18.5 Å². The van der Waals surface area contributed by atoms with Crippen LogP contribution in [0.1, 0.15) is 51.9 Å². The monoisotopic (exact) mass is 381 g/mol. The number of piperidine rings is 1. The summed E-state index contributed by atoms with van der Waals surface area (Å²) in [7, 11) is 0. The minimum absolute atomic E-state index is 0.171. The molecule has 0 bridgehead atoms. The number of aryl methyl sites for hydroxylation is 1. The number of hydrogen-bond acceptors (Lipinski definition) is 6. The van der Waals surface area contributed by atoms with Crippen LogP contribution in [-0.2, 0) is 9.53 Å². The van der Waals surface area contributed by atoms with E-state index in [1.165, 1.54) is 5.56 Å². The first-order chi connectivity index (χ1) is 13.4. The third-order valence-electron chi connectivity index (χ3n) is 5.71. The van der Waals surface area contributed by atoms with Crippen molar-refractivity contribution in [1.29, 1.82) is 0 Å². The zero-order chi connectivity index (χ0) is 20.3. The molecule has 1 aliphatic heterocycles. The minimum atomic E-state index is -0.452. The highest BCUT2D eigenvalue weighted by Gasteiger charge is 2.32. The number of carbonyl (C=O) groups excluding carboxylic acids is 2. The number of ketones is 1. The van der Waals surface area contributed by atoms with Gasteiger partial charge in [-0.25, -0.2) is 14.8 Å². The van der Waals surface area contributed by atoms with Gasteiger partial charge in [0.1, 0.15) is 6.04 Å². The first-order valence-corrected chi connectivity index (χ1v) is 9.71. The van der Waals surface area contributed by atoms with E-state index in [1.807, 2.05) is 31.7 Å².